The molecule has 0 aliphatic rings. The van der Waals surface area contributed by atoms with Crippen LogP contribution in [0.3, 0.4) is 0 Å². The normalized spacial score (nSPS) is 0. The molecule has 4 N–H and O–H groups in total. The van der Waals surface area contributed by atoms with Crippen LogP contribution in [0.2, 0.25) is 0 Å². The van der Waals surface area contributed by atoms with Crippen LogP contribution >= 0.6 is 0 Å². The summed E-state index contributed by atoms with van der Waals surface area (Å²) < 4.78 is 0. The summed E-state index contributed by atoms with van der Waals surface area (Å²) in [5.74, 6) is 0. The van der Waals surface area contributed by atoms with E-state index in [1.54, 1.807) is 0 Å². The maximum absolute atomic E-state index is 0. The first-order valence-corrected chi connectivity index (χ1v) is 0. The maximum atomic E-state index is 0. The Bertz CT molecular complexity index is 6.00. The second-order valence-corrected chi connectivity index (χ2v) is 0. The van der Waals surface area contributed by atoms with E-state index < -0.39 is 0 Å². The molecule has 0 bridgehead atoms. The minimum atomic E-state index is 0. The molecule has 0 aromatic rings. The van der Waals surface area contributed by atoms with Gasteiger partial charge < -0.3 is 11.0 Å². The van der Waals surface area contributed by atoms with Crippen molar-refractivity contribution in [1.29, 1.82) is 0 Å². The average Bonchev–Trinajstić information content (AvgIpc) is 0. The molecule has 0 spiro atoms. The first-order valence-electron chi connectivity index (χ1n) is 0. The average molecular weight is 162 g/mol. The van der Waals surface area contributed by atoms with E-state index in [2.05, 4.69) is 0 Å². The molecule has 0 radical (unpaired) electrons. The Morgan fingerprint density at radius 1 is 0.750 bits per heavy atom. The van der Waals surface area contributed by atoms with E-state index in [0.717, 1.165) is 0 Å². The predicted octanol–water partition coefficient (Wildman–Crippen LogP) is -2.84. The van der Waals surface area contributed by atoms with Gasteiger partial charge in [-0.05, 0) is 0 Å². The van der Waals surface area contributed by atoms with Crippen LogP contribution in [0.1, 0.15) is 0 Å². The largest absolute Gasteiger partial charge is 0.412 e. The molecule has 4 heavy (non-hydrogen) atoms. The van der Waals surface area contributed by atoms with E-state index in [-0.39, 0.29) is 49.4 Å². The quantitative estimate of drug-likeness (QED) is 0.344. The maximum Gasteiger partial charge on any atom is 0.187 e. The summed E-state index contributed by atoms with van der Waals surface area (Å²) in [6.07, 6.45) is 0. The van der Waals surface area contributed by atoms with Crippen LogP contribution in [-0.4, -0.2) is 28.3 Å². The zero-order valence-corrected chi connectivity index (χ0v) is 3.42. The fourth-order valence-corrected chi connectivity index (χ4v) is 0. The van der Waals surface area contributed by atoms with Gasteiger partial charge in [0.2, 0.25) is 0 Å². The summed E-state index contributed by atoms with van der Waals surface area (Å²) in [4.78, 5) is 0. The molecule has 0 aromatic heterocycles. The van der Waals surface area contributed by atoms with Crippen molar-refractivity contribution in [3.8, 4) is 0 Å². The summed E-state index contributed by atoms with van der Waals surface area (Å²) >= 11 is 0. The Morgan fingerprint density at radius 2 is 0.750 bits per heavy atom. The molecule has 2 nitrogen and oxygen atoms in total. The zero-order valence-electron chi connectivity index (χ0n) is 1.41. The van der Waals surface area contributed by atoms with Gasteiger partial charge in [-0.2, -0.15) is 0 Å². The van der Waals surface area contributed by atoms with Crippen LogP contribution in [0, 0.1) is 0 Å². The summed E-state index contributed by atoms with van der Waals surface area (Å²) in [6, 6.07) is 0. The molecule has 0 aliphatic heterocycles. The molecule has 0 aliphatic carbocycles. The van der Waals surface area contributed by atoms with Gasteiger partial charge in [0, 0.05) is 21.1 Å². The Morgan fingerprint density at radius 3 is 0.750 bits per heavy atom. The van der Waals surface area contributed by atoms with Crippen molar-refractivity contribution < 1.29 is 32.0 Å². The Balaban J connectivity index is 0. The molecule has 0 atom stereocenters. The molecule has 0 heterocycles. The van der Waals surface area contributed by atoms with Gasteiger partial charge in [0.05, 0.1) is 0 Å². The third-order valence-electron chi connectivity index (χ3n) is 0. The molecule has 0 aromatic carbocycles. The fraction of sp³-hybridized carbons (Fsp3) is 0. The fourth-order valence-electron chi connectivity index (χ4n) is 0. The van der Waals surface area contributed by atoms with E-state index >= 15 is 0 Å². The first kappa shape index (κ1) is 67.7. The van der Waals surface area contributed by atoms with Gasteiger partial charge in [-0.25, -0.2) is 0 Å². The van der Waals surface area contributed by atoms with Gasteiger partial charge >= 0.3 is 0 Å². The summed E-state index contributed by atoms with van der Waals surface area (Å²) in [6.45, 7) is 0. The van der Waals surface area contributed by atoms with Crippen LogP contribution in [0.15, 0.2) is 0 Å². The van der Waals surface area contributed by atoms with Gasteiger partial charge in [-0.1, -0.05) is 0 Å². The van der Waals surface area contributed by atoms with Crippen molar-refractivity contribution >= 4 is 17.4 Å². The third kappa shape index (κ3) is 11.1. The van der Waals surface area contributed by atoms with Crippen LogP contribution in [0.5, 0.6) is 0 Å². The van der Waals surface area contributed by atoms with Gasteiger partial charge in [0.25, 0.3) is 0 Å². The van der Waals surface area contributed by atoms with E-state index in [4.69, 9.17) is 0 Å². The SMILES string of the molecule is O.O.[AlH3].[Mo]. The van der Waals surface area contributed by atoms with Crippen molar-refractivity contribution in [3.05, 3.63) is 0 Å². The minimum absolute atomic E-state index is 0. The van der Waals surface area contributed by atoms with Gasteiger partial charge in [-0.15, -0.1) is 0 Å². The third-order valence-corrected chi connectivity index (χ3v) is 0. The molecule has 4 heteroatoms. The second-order valence-electron chi connectivity index (χ2n) is 0. The Hall–Kier alpha value is 1.14. The zero-order chi connectivity index (χ0) is 0. The van der Waals surface area contributed by atoms with Crippen molar-refractivity contribution in [2.24, 2.45) is 0 Å². The van der Waals surface area contributed by atoms with Gasteiger partial charge in [-0.3, -0.25) is 0 Å². The van der Waals surface area contributed by atoms with E-state index in [1.165, 1.54) is 0 Å². The number of rotatable bonds is 0. The molecule has 0 fully saturated rings. The molecule has 0 unspecified atom stereocenters. The van der Waals surface area contributed by atoms with E-state index in [1.807, 2.05) is 0 Å². The Kier molecular flexibility index (Phi) is 531. The first-order chi connectivity index (χ1) is 0. The number of hydrogen-bond donors (Lipinski definition) is 0. The van der Waals surface area contributed by atoms with E-state index in [0.29, 0.717) is 0 Å². The summed E-state index contributed by atoms with van der Waals surface area (Å²) in [5.41, 5.74) is 0. The van der Waals surface area contributed by atoms with Gasteiger partial charge in [0.1, 0.15) is 0 Å². The standard InChI is InChI=1S/Al.Mo.2H2O.3H/h;;2*1H2;;;. The minimum Gasteiger partial charge on any atom is -0.412 e. The second kappa shape index (κ2) is 31.4. The van der Waals surface area contributed by atoms with Crippen LogP contribution in [-0.2, 0) is 21.1 Å². The van der Waals surface area contributed by atoms with Crippen molar-refractivity contribution in [3.63, 3.8) is 0 Å². The van der Waals surface area contributed by atoms with Crippen molar-refractivity contribution in [1.82, 2.24) is 0 Å². The molecule has 0 rings (SSSR count). The van der Waals surface area contributed by atoms with Crippen LogP contribution in [0.25, 0.3) is 0 Å². The van der Waals surface area contributed by atoms with Crippen LogP contribution < -0.4 is 0 Å². The molecule has 0 amide bonds. The predicted molar refractivity (Wildman–Crippen MR) is 17.2 cm³/mol. The molecular weight excluding hydrogens is 155 g/mol. The van der Waals surface area contributed by atoms with Crippen molar-refractivity contribution in [2.45, 2.75) is 0 Å². The smallest absolute Gasteiger partial charge is 0.187 e. The monoisotopic (exact) mass is 164 g/mol. The molecule has 0 saturated carbocycles. The molecule has 0 saturated heterocycles. The summed E-state index contributed by atoms with van der Waals surface area (Å²) in [7, 11) is 0. The van der Waals surface area contributed by atoms with Crippen LogP contribution in [0.4, 0.5) is 0 Å². The number of hydrogen-bond acceptors (Lipinski definition) is 0. The topological polar surface area (TPSA) is 63.0 Å². The molecular formula is H7AlMoO2. The van der Waals surface area contributed by atoms with Gasteiger partial charge in [0.15, 0.2) is 17.4 Å². The van der Waals surface area contributed by atoms with E-state index in [9.17, 15) is 0 Å². The summed E-state index contributed by atoms with van der Waals surface area (Å²) in [5, 5.41) is 0. The molecule has 28 valence electrons. The van der Waals surface area contributed by atoms with Crippen molar-refractivity contribution in [2.75, 3.05) is 0 Å². The Labute approximate surface area is 49.6 Å².